The number of thiocarbonyl (C=S) groups is 1. The number of benzene rings is 1. The third-order valence-corrected chi connectivity index (χ3v) is 3.86. The fraction of sp³-hybridized carbons (Fsp3) is 0.533. The maximum Gasteiger partial charge on any atom is 0.130 e. The molecule has 0 saturated heterocycles. The van der Waals surface area contributed by atoms with E-state index in [-0.39, 0.29) is 0 Å². The molecule has 1 aromatic rings. The lowest BCUT2D eigenvalue weighted by Crippen LogP contribution is -2.39. The van der Waals surface area contributed by atoms with E-state index in [2.05, 4.69) is 48.5 Å². The van der Waals surface area contributed by atoms with Crippen molar-refractivity contribution in [2.75, 3.05) is 13.2 Å². The Kier molecular flexibility index (Phi) is 6.92. The minimum absolute atomic E-state index is 0.358. The Morgan fingerprint density at radius 1 is 1.30 bits per heavy atom. The Hall–Kier alpha value is -0.650. The number of hydrogen-bond acceptors (Lipinski definition) is 3. The first-order valence-corrected chi connectivity index (χ1v) is 8.01. The van der Waals surface area contributed by atoms with Crippen LogP contribution in [0.25, 0.3) is 0 Å². The Labute approximate surface area is 135 Å². The highest BCUT2D eigenvalue weighted by molar-refractivity contribution is 9.10. The molecule has 0 saturated carbocycles. The van der Waals surface area contributed by atoms with Gasteiger partial charge in [-0.2, -0.15) is 0 Å². The van der Waals surface area contributed by atoms with Crippen molar-refractivity contribution >= 4 is 33.1 Å². The van der Waals surface area contributed by atoms with Gasteiger partial charge in [0.2, 0.25) is 0 Å². The van der Waals surface area contributed by atoms with E-state index in [1.54, 1.807) is 0 Å². The molecular weight excluding hydrogens is 336 g/mol. The standard InChI is InChI=1S/C15H23BrN2OS/c1-10(2)18(11(3)4)7-8-19-14-9-12(16)5-6-13(14)15(17)20/h5-6,9-11H,7-8H2,1-4H3,(H2,17,20). The number of nitrogens with zero attached hydrogens (tertiary/aromatic N) is 1. The van der Waals surface area contributed by atoms with Gasteiger partial charge in [-0.25, -0.2) is 0 Å². The van der Waals surface area contributed by atoms with Crippen LogP contribution in [0.2, 0.25) is 0 Å². The lowest BCUT2D eigenvalue weighted by Gasteiger charge is -2.30. The smallest absolute Gasteiger partial charge is 0.130 e. The van der Waals surface area contributed by atoms with Crippen molar-refractivity contribution in [1.29, 1.82) is 0 Å². The predicted molar refractivity (Wildman–Crippen MR) is 92.5 cm³/mol. The number of ether oxygens (including phenoxy) is 1. The van der Waals surface area contributed by atoms with E-state index in [0.29, 0.717) is 23.7 Å². The van der Waals surface area contributed by atoms with Crippen LogP contribution in [0.3, 0.4) is 0 Å². The van der Waals surface area contributed by atoms with Crippen LogP contribution in [0.15, 0.2) is 22.7 Å². The molecule has 112 valence electrons. The third-order valence-electron chi connectivity index (χ3n) is 3.14. The van der Waals surface area contributed by atoms with Gasteiger partial charge in [-0.05, 0) is 45.9 Å². The zero-order chi connectivity index (χ0) is 15.3. The summed E-state index contributed by atoms with van der Waals surface area (Å²) in [6.45, 7) is 10.3. The second kappa shape index (κ2) is 7.96. The minimum atomic E-state index is 0.358. The highest BCUT2D eigenvalue weighted by Gasteiger charge is 2.14. The van der Waals surface area contributed by atoms with Crippen molar-refractivity contribution < 1.29 is 4.74 Å². The highest BCUT2D eigenvalue weighted by atomic mass is 79.9. The first-order chi connectivity index (χ1) is 9.32. The zero-order valence-electron chi connectivity index (χ0n) is 12.5. The van der Waals surface area contributed by atoms with Crippen LogP contribution in [0, 0.1) is 0 Å². The van der Waals surface area contributed by atoms with Gasteiger partial charge in [-0.3, -0.25) is 4.90 Å². The Bertz CT molecular complexity index is 455. The molecule has 1 rings (SSSR count). The molecule has 20 heavy (non-hydrogen) atoms. The van der Waals surface area contributed by atoms with Gasteiger partial charge in [0, 0.05) is 23.1 Å². The number of rotatable bonds is 7. The normalized spacial score (nSPS) is 11.4. The van der Waals surface area contributed by atoms with E-state index >= 15 is 0 Å². The van der Waals surface area contributed by atoms with Gasteiger partial charge < -0.3 is 10.5 Å². The van der Waals surface area contributed by atoms with E-state index in [0.717, 1.165) is 22.3 Å². The highest BCUT2D eigenvalue weighted by Crippen LogP contribution is 2.23. The van der Waals surface area contributed by atoms with E-state index in [1.165, 1.54) is 0 Å². The summed E-state index contributed by atoms with van der Waals surface area (Å²) in [7, 11) is 0. The number of nitrogens with two attached hydrogens (primary N) is 1. The first kappa shape index (κ1) is 17.4. The summed E-state index contributed by atoms with van der Waals surface area (Å²) < 4.78 is 6.83. The summed E-state index contributed by atoms with van der Waals surface area (Å²) in [5.74, 6) is 0.735. The molecule has 0 aliphatic rings. The van der Waals surface area contributed by atoms with E-state index in [4.69, 9.17) is 22.7 Å². The van der Waals surface area contributed by atoms with Crippen LogP contribution in [0.4, 0.5) is 0 Å². The quantitative estimate of drug-likeness (QED) is 0.756. The van der Waals surface area contributed by atoms with Gasteiger partial charge in [-0.1, -0.05) is 28.1 Å². The maximum absolute atomic E-state index is 5.87. The molecule has 2 N–H and O–H groups in total. The number of halogens is 1. The molecule has 0 bridgehead atoms. The minimum Gasteiger partial charge on any atom is -0.491 e. The van der Waals surface area contributed by atoms with E-state index in [9.17, 15) is 0 Å². The second-order valence-corrected chi connectivity index (χ2v) is 6.63. The molecule has 3 nitrogen and oxygen atoms in total. The van der Waals surface area contributed by atoms with Gasteiger partial charge in [0.15, 0.2) is 0 Å². The van der Waals surface area contributed by atoms with Crippen molar-refractivity contribution in [3.05, 3.63) is 28.2 Å². The Morgan fingerprint density at radius 3 is 2.40 bits per heavy atom. The van der Waals surface area contributed by atoms with Gasteiger partial charge in [0.1, 0.15) is 17.3 Å². The van der Waals surface area contributed by atoms with Crippen LogP contribution in [0.5, 0.6) is 5.75 Å². The SMILES string of the molecule is CC(C)N(CCOc1cc(Br)ccc1C(N)=S)C(C)C. The zero-order valence-corrected chi connectivity index (χ0v) is 14.9. The van der Waals surface area contributed by atoms with Gasteiger partial charge in [0.05, 0.1) is 5.56 Å². The molecule has 0 aromatic heterocycles. The molecule has 0 aliphatic carbocycles. The molecule has 0 amide bonds. The summed E-state index contributed by atoms with van der Waals surface area (Å²) in [5, 5.41) is 0. The fourth-order valence-corrected chi connectivity index (χ4v) is 2.70. The van der Waals surface area contributed by atoms with E-state index in [1.807, 2.05) is 18.2 Å². The molecule has 0 spiro atoms. The van der Waals surface area contributed by atoms with Crippen LogP contribution >= 0.6 is 28.1 Å². The monoisotopic (exact) mass is 358 g/mol. The molecular formula is C15H23BrN2OS. The van der Waals surface area contributed by atoms with Crippen LogP contribution < -0.4 is 10.5 Å². The van der Waals surface area contributed by atoms with Gasteiger partial charge in [0.25, 0.3) is 0 Å². The van der Waals surface area contributed by atoms with Crippen LogP contribution in [-0.4, -0.2) is 35.1 Å². The third kappa shape index (κ3) is 5.04. The van der Waals surface area contributed by atoms with Crippen molar-refractivity contribution in [2.24, 2.45) is 5.73 Å². The lowest BCUT2D eigenvalue weighted by atomic mass is 10.2. The average molecular weight is 359 g/mol. The van der Waals surface area contributed by atoms with Gasteiger partial charge in [-0.15, -0.1) is 0 Å². The Morgan fingerprint density at radius 2 is 1.90 bits per heavy atom. The summed E-state index contributed by atoms with van der Waals surface area (Å²) in [5.41, 5.74) is 6.50. The molecule has 0 aliphatic heterocycles. The molecule has 0 unspecified atom stereocenters. The fourth-order valence-electron chi connectivity index (χ4n) is 2.19. The Balaban J connectivity index is 2.70. The molecule has 1 aromatic carbocycles. The number of hydrogen-bond donors (Lipinski definition) is 1. The average Bonchev–Trinajstić information content (AvgIpc) is 2.33. The predicted octanol–water partition coefficient (Wildman–Crippen LogP) is 3.58. The second-order valence-electron chi connectivity index (χ2n) is 5.28. The van der Waals surface area contributed by atoms with Crippen molar-refractivity contribution in [3.63, 3.8) is 0 Å². The van der Waals surface area contributed by atoms with Crippen molar-refractivity contribution in [2.45, 2.75) is 39.8 Å². The van der Waals surface area contributed by atoms with E-state index < -0.39 is 0 Å². The van der Waals surface area contributed by atoms with Crippen molar-refractivity contribution in [3.8, 4) is 5.75 Å². The topological polar surface area (TPSA) is 38.5 Å². The van der Waals surface area contributed by atoms with Crippen molar-refractivity contribution in [1.82, 2.24) is 4.90 Å². The first-order valence-electron chi connectivity index (χ1n) is 6.80. The molecule has 0 atom stereocenters. The van der Waals surface area contributed by atoms with Gasteiger partial charge >= 0.3 is 0 Å². The van der Waals surface area contributed by atoms with Crippen LogP contribution in [-0.2, 0) is 0 Å². The van der Waals surface area contributed by atoms with Crippen LogP contribution in [0.1, 0.15) is 33.3 Å². The lowest BCUT2D eigenvalue weighted by molar-refractivity contribution is 0.142. The summed E-state index contributed by atoms with van der Waals surface area (Å²) in [6.07, 6.45) is 0. The summed E-state index contributed by atoms with van der Waals surface area (Å²) in [6, 6.07) is 6.69. The summed E-state index contributed by atoms with van der Waals surface area (Å²) >= 11 is 8.49. The maximum atomic E-state index is 5.87. The largest absolute Gasteiger partial charge is 0.491 e. The molecule has 0 radical (unpaired) electrons. The summed E-state index contributed by atoms with van der Waals surface area (Å²) in [4.78, 5) is 2.75. The molecule has 0 fully saturated rings. The molecule has 0 heterocycles. The molecule has 5 heteroatoms.